The molecule has 0 unspecified atom stereocenters. The number of hydrogen-bond donors (Lipinski definition) is 0. The molecule has 3 rings (SSSR count). The van der Waals surface area contributed by atoms with E-state index in [0.29, 0.717) is 11.6 Å². The highest BCUT2D eigenvalue weighted by Gasteiger charge is 2.29. The second-order valence-electron chi connectivity index (χ2n) is 5.06. The van der Waals surface area contributed by atoms with Crippen LogP contribution in [0.2, 0.25) is 0 Å². The smallest absolute Gasteiger partial charge is 0.332 e. The van der Waals surface area contributed by atoms with Gasteiger partial charge in [0, 0.05) is 26.7 Å². The summed E-state index contributed by atoms with van der Waals surface area (Å²) >= 11 is 0. The Hall–Kier alpha value is -1.78. The van der Waals surface area contributed by atoms with Gasteiger partial charge in [-0.3, -0.25) is 13.9 Å². The predicted octanol–water partition coefficient (Wildman–Crippen LogP) is 0.470. The molecule has 5 nitrogen and oxygen atoms in total. The predicted molar refractivity (Wildman–Crippen MR) is 70.9 cm³/mol. The van der Waals surface area contributed by atoms with Crippen LogP contribution in [-0.4, -0.2) is 21.7 Å². The Morgan fingerprint density at radius 1 is 1.17 bits per heavy atom. The molecule has 3 heterocycles. The maximum Gasteiger partial charge on any atom is 0.332 e. The van der Waals surface area contributed by atoms with Crippen LogP contribution in [0.4, 0.5) is 5.82 Å². The molecule has 18 heavy (non-hydrogen) atoms. The van der Waals surface area contributed by atoms with E-state index in [1.165, 1.54) is 18.0 Å². The van der Waals surface area contributed by atoms with E-state index >= 15 is 0 Å². The van der Waals surface area contributed by atoms with E-state index in [2.05, 4.69) is 11.0 Å². The normalized spacial score (nSPS) is 21.7. The van der Waals surface area contributed by atoms with Crippen molar-refractivity contribution < 1.29 is 0 Å². The van der Waals surface area contributed by atoms with Gasteiger partial charge in [0.05, 0.1) is 5.56 Å². The molecule has 0 radical (unpaired) electrons. The first kappa shape index (κ1) is 11.3. The number of fused-ring (bicyclic) bond motifs is 3. The van der Waals surface area contributed by atoms with Crippen molar-refractivity contribution in [3.8, 4) is 0 Å². The zero-order valence-electron chi connectivity index (χ0n) is 10.7. The molecule has 0 amide bonds. The number of anilines is 1. The largest absolute Gasteiger partial charge is 0.351 e. The molecule has 0 N–H and O–H groups in total. The number of aromatic nitrogens is 2. The molecule has 2 aliphatic rings. The summed E-state index contributed by atoms with van der Waals surface area (Å²) in [6.45, 7) is 0.919. The first-order chi connectivity index (χ1) is 8.61. The lowest BCUT2D eigenvalue weighted by Crippen LogP contribution is -2.48. The Labute approximate surface area is 105 Å². The minimum absolute atomic E-state index is 0.201. The number of rotatable bonds is 0. The Kier molecular flexibility index (Phi) is 2.43. The van der Waals surface area contributed by atoms with E-state index in [0.717, 1.165) is 25.2 Å². The van der Waals surface area contributed by atoms with E-state index in [-0.39, 0.29) is 11.2 Å². The maximum atomic E-state index is 12.1. The zero-order chi connectivity index (χ0) is 12.9. The van der Waals surface area contributed by atoms with Crippen molar-refractivity contribution in [3.05, 3.63) is 32.5 Å². The summed E-state index contributed by atoms with van der Waals surface area (Å²) in [6, 6.07) is 0.337. The van der Waals surface area contributed by atoms with Gasteiger partial charge in [0.25, 0.3) is 5.56 Å². The fourth-order valence-corrected chi connectivity index (χ4v) is 2.98. The minimum Gasteiger partial charge on any atom is -0.351 e. The highest BCUT2D eigenvalue weighted by molar-refractivity contribution is 5.68. The monoisotopic (exact) mass is 247 g/mol. The Bertz CT molecular complexity index is 639. The van der Waals surface area contributed by atoms with Gasteiger partial charge in [0.1, 0.15) is 5.82 Å². The van der Waals surface area contributed by atoms with E-state index in [1.807, 2.05) is 6.08 Å². The summed E-state index contributed by atoms with van der Waals surface area (Å²) in [4.78, 5) is 26.3. The molecule has 1 aromatic heterocycles. The number of piperidine rings is 1. The fourth-order valence-electron chi connectivity index (χ4n) is 2.98. The van der Waals surface area contributed by atoms with Gasteiger partial charge in [-0.25, -0.2) is 4.79 Å². The molecule has 1 fully saturated rings. The molecular weight excluding hydrogens is 230 g/mol. The summed E-state index contributed by atoms with van der Waals surface area (Å²) < 4.78 is 2.77. The zero-order valence-corrected chi connectivity index (χ0v) is 10.7. The molecular formula is C13H17N3O2. The Balaban J connectivity index is 2.30. The third-order valence-electron chi connectivity index (χ3n) is 3.97. The Morgan fingerprint density at radius 3 is 2.72 bits per heavy atom. The summed E-state index contributed by atoms with van der Waals surface area (Å²) in [7, 11) is 3.27. The molecule has 96 valence electrons. The number of nitrogens with zero attached hydrogens (tertiary/aromatic N) is 3. The molecule has 1 aromatic rings. The van der Waals surface area contributed by atoms with Gasteiger partial charge in [-0.1, -0.05) is 6.08 Å². The molecule has 2 aliphatic heterocycles. The van der Waals surface area contributed by atoms with Crippen LogP contribution in [0.25, 0.3) is 6.08 Å². The van der Waals surface area contributed by atoms with Crippen molar-refractivity contribution in [2.45, 2.75) is 25.3 Å². The lowest BCUT2D eigenvalue weighted by atomic mass is 9.97. The molecule has 0 aliphatic carbocycles. The topological polar surface area (TPSA) is 47.2 Å². The van der Waals surface area contributed by atoms with Gasteiger partial charge in [0.15, 0.2) is 0 Å². The molecule has 0 spiro atoms. The highest BCUT2D eigenvalue weighted by atomic mass is 16.2. The molecule has 1 saturated heterocycles. The highest BCUT2D eigenvalue weighted by Crippen LogP contribution is 2.30. The number of hydrogen-bond acceptors (Lipinski definition) is 3. The summed E-state index contributed by atoms with van der Waals surface area (Å²) in [5.74, 6) is 0.787. The van der Waals surface area contributed by atoms with Crippen molar-refractivity contribution >= 4 is 11.9 Å². The van der Waals surface area contributed by atoms with Crippen LogP contribution in [0.3, 0.4) is 0 Å². The van der Waals surface area contributed by atoms with Crippen LogP contribution < -0.4 is 16.1 Å². The molecule has 1 atom stereocenters. The van der Waals surface area contributed by atoms with Gasteiger partial charge in [-0.2, -0.15) is 0 Å². The van der Waals surface area contributed by atoms with Crippen LogP contribution >= 0.6 is 0 Å². The first-order valence-corrected chi connectivity index (χ1v) is 6.36. The quantitative estimate of drug-likeness (QED) is 0.669. The lowest BCUT2D eigenvalue weighted by Gasteiger charge is -2.39. The van der Waals surface area contributed by atoms with Gasteiger partial charge >= 0.3 is 5.69 Å². The van der Waals surface area contributed by atoms with Gasteiger partial charge < -0.3 is 4.90 Å². The second kappa shape index (κ2) is 3.86. The summed E-state index contributed by atoms with van der Waals surface area (Å²) in [5, 5.41) is 0. The van der Waals surface area contributed by atoms with E-state index in [1.54, 1.807) is 11.6 Å². The molecule has 5 heteroatoms. The van der Waals surface area contributed by atoms with Crippen LogP contribution in [0.15, 0.2) is 15.7 Å². The van der Waals surface area contributed by atoms with Crippen molar-refractivity contribution in [2.75, 3.05) is 11.4 Å². The van der Waals surface area contributed by atoms with E-state index in [9.17, 15) is 9.59 Å². The van der Waals surface area contributed by atoms with Gasteiger partial charge in [-0.05, 0) is 25.3 Å². The third-order valence-corrected chi connectivity index (χ3v) is 3.97. The Morgan fingerprint density at radius 2 is 1.94 bits per heavy atom. The molecule has 0 saturated carbocycles. The second-order valence-corrected chi connectivity index (χ2v) is 5.06. The van der Waals surface area contributed by atoms with E-state index in [4.69, 9.17) is 0 Å². The van der Waals surface area contributed by atoms with Crippen LogP contribution in [0.1, 0.15) is 24.8 Å². The average molecular weight is 247 g/mol. The summed E-state index contributed by atoms with van der Waals surface area (Å²) in [5.41, 5.74) is 0.185. The SMILES string of the molecule is Cn1c2c(c(=O)n(C)c1=O)C=C[C@H]1CCCCN21. The van der Waals surface area contributed by atoms with Crippen molar-refractivity contribution in [1.82, 2.24) is 9.13 Å². The lowest BCUT2D eigenvalue weighted by molar-refractivity contribution is 0.496. The minimum atomic E-state index is -0.252. The van der Waals surface area contributed by atoms with E-state index < -0.39 is 0 Å². The third kappa shape index (κ3) is 1.39. The van der Waals surface area contributed by atoms with Gasteiger partial charge in [-0.15, -0.1) is 0 Å². The average Bonchev–Trinajstić information content (AvgIpc) is 2.41. The fraction of sp³-hybridized carbons (Fsp3) is 0.538. The van der Waals surface area contributed by atoms with Crippen molar-refractivity contribution in [3.63, 3.8) is 0 Å². The summed E-state index contributed by atoms with van der Waals surface area (Å²) in [6.07, 6.45) is 7.39. The van der Waals surface area contributed by atoms with Crippen LogP contribution in [0.5, 0.6) is 0 Å². The van der Waals surface area contributed by atoms with Crippen LogP contribution in [-0.2, 0) is 14.1 Å². The maximum absolute atomic E-state index is 12.1. The molecule has 0 bridgehead atoms. The standard InChI is InChI=1S/C13H17N3O2/c1-14-11-10(12(17)15(2)13(14)18)7-6-9-5-3-4-8-16(9)11/h6-7,9H,3-5,8H2,1-2H3/t9-/m1/s1. The first-order valence-electron chi connectivity index (χ1n) is 6.36. The van der Waals surface area contributed by atoms with Crippen molar-refractivity contribution in [2.24, 2.45) is 14.1 Å². The van der Waals surface area contributed by atoms with Crippen LogP contribution in [0, 0.1) is 0 Å². The molecule has 0 aromatic carbocycles. The van der Waals surface area contributed by atoms with Gasteiger partial charge in [0.2, 0.25) is 0 Å². The van der Waals surface area contributed by atoms with Crippen molar-refractivity contribution in [1.29, 1.82) is 0 Å².